The molecule has 0 bridgehead atoms. The van der Waals surface area contributed by atoms with Gasteiger partial charge in [-0.05, 0) is 17.9 Å². The van der Waals surface area contributed by atoms with Crippen molar-refractivity contribution in [3.63, 3.8) is 0 Å². The molecule has 0 spiro atoms. The molecule has 0 radical (unpaired) electrons. The smallest absolute Gasteiger partial charge is 0.236 e. The molecule has 1 rings (SSSR count). The van der Waals surface area contributed by atoms with Crippen LogP contribution in [0.3, 0.4) is 0 Å². The van der Waals surface area contributed by atoms with Crippen molar-refractivity contribution in [2.75, 3.05) is 0 Å². The van der Waals surface area contributed by atoms with E-state index < -0.39 is 5.78 Å². The minimum atomic E-state index is -0.548. The van der Waals surface area contributed by atoms with Gasteiger partial charge >= 0.3 is 0 Å². The lowest BCUT2D eigenvalue weighted by Gasteiger charge is -1.87. The van der Waals surface area contributed by atoms with Crippen molar-refractivity contribution in [1.82, 2.24) is 0 Å². The fourth-order valence-corrected chi connectivity index (χ4v) is 1.84. The number of hydrogen-bond donors (Lipinski definition) is 0. The van der Waals surface area contributed by atoms with Gasteiger partial charge in [0.1, 0.15) is 0 Å². The number of hydrogen-bond acceptors (Lipinski definition) is 3. The second kappa shape index (κ2) is 3.15. The molecular weight excluding hydrogens is 184 g/mol. The molecule has 0 atom stereocenters. The van der Waals surface area contributed by atoms with Crippen LogP contribution in [-0.4, -0.2) is 12.1 Å². The number of carbonyl (C=O) groups excluding carboxylic acids is 2. The first-order valence-corrected chi connectivity index (χ1v) is 4.15. The van der Waals surface area contributed by atoms with Gasteiger partial charge in [-0.2, -0.15) is 0 Å². The summed E-state index contributed by atoms with van der Waals surface area (Å²) >= 11 is 6.91. The van der Waals surface area contributed by atoms with E-state index in [1.165, 1.54) is 11.3 Å². The van der Waals surface area contributed by atoms with Gasteiger partial charge in [-0.3, -0.25) is 9.59 Å². The molecule has 0 amide bonds. The van der Waals surface area contributed by atoms with Crippen molar-refractivity contribution in [2.24, 2.45) is 0 Å². The van der Waals surface area contributed by atoms with Crippen molar-refractivity contribution in [1.29, 1.82) is 0 Å². The van der Waals surface area contributed by atoms with E-state index >= 15 is 0 Å². The number of aryl methyl sites for hydroxylation is 1. The van der Waals surface area contributed by atoms with Gasteiger partial charge in [0.2, 0.25) is 5.78 Å². The van der Waals surface area contributed by atoms with Crippen LogP contribution in [0, 0.1) is 6.92 Å². The van der Waals surface area contributed by atoms with Gasteiger partial charge in [0.05, 0.1) is 9.90 Å². The summed E-state index contributed by atoms with van der Waals surface area (Å²) in [6, 6.07) is 0. The first kappa shape index (κ1) is 8.43. The number of Topliss-reactive ketones (excluding diaryl/α,β-unsaturated/α-hetero) is 1. The Morgan fingerprint density at radius 2 is 2.36 bits per heavy atom. The van der Waals surface area contributed by atoms with Crippen LogP contribution >= 0.6 is 22.9 Å². The highest BCUT2D eigenvalue weighted by Gasteiger charge is 2.12. The monoisotopic (exact) mass is 188 g/mol. The lowest BCUT2D eigenvalue weighted by atomic mass is 10.3. The maximum atomic E-state index is 10.8. The fraction of sp³-hybridized carbons (Fsp3) is 0.143. The van der Waals surface area contributed by atoms with E-state index in [0.29, 0.717) is 9.90 Å². The molecule has 0 aliphatic heterocycles. The van der Waals surface area contributed by atoms with Gasteiger partial charge in [0, 0.05) is 0 Å². The van der Waals surface area contributed by atoms with Crippen LogP contribution in [0.4, 0.5) is 0 Å². The van der Waals surface area contributed by atoms with Crippen LogP contribution in [0.25, 0.3) is 0 Å². The van der Waals surface area contributed by atoms with Gasteiger partial charge in [-0.15, -0.1) is 11.3 Å². The normalized spacial score (nSPS) is 9.64. The zero-order chi connectivity index (χ0) is 8.43. The highest BCUT2D eigenvalue weighted by molar-refractivity contribution is 7.13. The van der Waals surface area contributed by atoms with E-state index in [4.69, 9.17) is 11.6 Å². The molecule has 0 fully saturated rings. The lowest BCUT2D eigenvalue weighted by Crippen LogP contribution is -1.96. The van der Waals surface area contributed by atoms with Crippen molar-refractivity contribution < 1.29 is 9.59 Å². The fourth-order valence-electron chi connectivity index (χ4n) is 0.650. The minimum Gasteiger partial charge on any atom is -0.294 e. The van der Waals surface area contributed by atoms with Gasteiger partial charge in [0.25, 0.3) is 0 Å². The van der Waals surface area contributed by atoms with E-state index in [2.05, 4.69) is 0 Å². The molecule has 58 valence electrons. The summed E-state index contributed by atoms with van der Waals surface area (Å²) in [6.07, 6.45) is 0.275. The Labute approximate surface area is 72.8 Å². The summed E-state index contributed by atoms with van der Waals surface area (Å²) in [5.74, 6) is -0.548. The van der Waals surface area contributed by atoms with Crippen LogP contribution < -0.4 is 0 Å². The first-order valence-electron chi connectivity index (χ1n) is 2.90. The highest BCUT2D eigenvalue weighted by atomic mass is 35.5. The molecule has 0 aromatic carbocycles. The molecule has 2 nitrogen and oxygen atoms in total. The Hall–Kier alpha value is -0.670. The molecule has 11 heavy (non-hydrogen) atoms. The van der Waals surface area contributed by atoms with Crippen molar-refractivity contribution in [3.8, 4) is 0 Å². The average Bonchev–Trinajstić information content (AvgIpc) is 2.32. The van der Waals surface area contributed by atoms with Gasteiger partial charge in [-0.25, -0.2) is 0 Å². The minimum absolute atomic E-state index is 0.275. The Morgan fingerprint density at radius 3 is 2.73 bits per heavy atom. The van der Waals surface area contributed by atoms with Crippen LogP contribution in [0.2, 0.25) is 5.02 Å². The molecule has 0 aliphatic rings. The highest BCUT2D eigenvalue weighted by Crippen LogP contribution is 2.26. The summed E-state index contributed by atoms with van der Waals surface area (Å²) in [5.41, 5.74) is 0.835. The first-order chi connectivity index (χ1) is 5.16. The molecule has 0 aliphatic carbocycles. The third-order valence-electron chi connectivity index (χ3n) is 1.23. The summed E-state index contributed by atoms with van der Waals surface area (Å²) in [6.45, 7) is 1.79. The van der Waals surface area contributed by atoms with E-state index in [-0.39, 0.29) is 6.29 Å². The Balaban J connectivity index is 3.14. The zero-order valence-electron chi connectivity index (χ0n) is 5.76. The maximum Gasteiger partial charge on any atom is 0.236 e. The average molecular weight is 189 g/mol. The summed E-state index contributed by atoms with van der Waals surface area (Å²) in [7, 11) is 0. The molecule has 1 aromatic rings. The predicted molar refractivity (Wildman–Crippen MR) is 44.5 cm³/mol. The number of carbonyl (C=O) groups is 2. The maximum absolute atomic E-state index is 10.8. The van der Waals surface area contributed by atoms with Gasteiger partial charge in [-0.1, -0.05) is 11.6 Å². The number of aldehydes is 1. The van der Waals surface area contributed by atoms with Crippen LogP contribution in [0.5, 0.6) is 0 Å². The van der Waals surface area contributed by atoms with Crippen molar-refractivity contribution in [2.45, 2.75) is 6.92 Å². The second-order valence-corrected chi connectivity index (χ2v) is 3.30. The quantitative estimate of drug-likeness (QED) is 0.405. The van der Waals surface area contributed by atoms with Gasteiger partial charge < -0.3 is 0 Å². The Bertz CT molecular complexity index is 303. The Morgan fingerprint density at radius 1 is 1.73 bits per heavy atom. The van der Waals surface area contributed by atoms with Crippen molar-refractivity contribution in [3.05, 3.63) is 20.8 Å². The SMILES string of the molecule is Cc1csc(C(=O)C=O)c1Cl. The number of ketones is 1. The van der Waals surface area contributed by atoms with E-state index in [9.17, 15) is 9.59 Å². The van der Waals surface area contributed by atoms with E-state index in [0.717, 1.165) is 5.56 Å². The standard InChI is InChI=1S/C7H5ClO2S/c1-4-3-11-7(6(4)8)5(10)2-9/h2-3H,1H3. The van der Waals surface area contributed by atoms with Crippen LogP contribution in [0.15, 0.2) is 5.38 Å². The van der Waals surface area contributed by atoms with Crippen molar-refractivity contribution >= 4 is 35.0 Å². The number of rotatable bonds is 2. The summed E-state index contributed by atoms with van der Waals surface area (Å²) in [5, 5.41) is 2.14. The number of thiophene rings is 1. The second-order valence-electron chi connectivity index (χ2n) is 2.04. The molecule has 0 N–H and O–H groups in total. The molecule has 0 saturated carbocycles. The Kier molecular flexibility index (Phi) is 2.42. The topological polar surface area (TPSA) is 34.1 Å². The summed E-state index contributed by atoms with van der Waals surface area (Å²) in [4.78, 5) is 21.2. The van der Waals surface area contributed by atoms with Crippen LogP contribution in [-0.2, 0) is 4.79 Å². The molecule has 1 heterocycles. The molecular formula is C7H5ClO2S. The third kappa shape index (κ3) is 1.49. The lowest BCUT2D eigenvalue weighted by molar-refractivity contribution is -0.104. The molecule has 0 unspecified atom stereocenters. The molecule has 1 aromatic heterocycles. The zero-order valence-corrected chi connectivity index (χ0v) is 7.33. The predicted octanol–water partition coefficient (Wildman–Crippen LogP) is 2.09. The van der Waals surface area contributed by atoms with E-state index in [1.807, 2.05) is 0 Å². The molecule has 0 saturated heterocycles. The number of halogens is 1. The summed E-state index contributed by atoms with van der Waals surface area (Å²) < 4.78 is 0. The third-order valence-corrected chi connectivity index (χ3v) is 2.94. The van der Waals surface area contributed by atoms with E-state index in [1.54, 1.807) is 12.3 Å². The van der Waals surface area contributed by atoms with Gasteiger partial charge in [0.15, 0.2) is 6.29 Å². The molecule has 4 heteroatoms. The largest absolute Gasteiger partial charge is 0.294 e. The van der Waals surface area contributed by atoms with Crippen LogP contribution in [0.1, 0.15) is 15.2 Å².